The number of carbonyl (C=O) groups excluding carboxylic acids is 3. The zero-order valence-electron chi connectivity index (χ0n) is 12.1. The number of methoxy groups -OCH3 is 1. The van der Waals surface area contributed by atoms with E-state index >= 15 is 0 Å². The van der Waals surface area contributed by atoms with E-state index in [0.717, 1.165) is 11.3 Å². The number of alkyl carbamates (subject to hydrolysis) is 1. The molecule has 1 aromatic rings. The van der Waals surface area contributed by atoms with E-state index in [9.17, 15) is 4.79 Å². The predicted molar refractivity (Wildman–Crippen MR) is 71.1 cm³/mol. The van der Waals surface area contributed by atoms with Gasteiger partial charge < -0.3 is 14.8 Å². The number of nitrogens with one attached hydrogen (secondary N) is 1. The minimum atomic E-state index is -0.468. The topological polar surface area (TPSA) is 81.7 Å². The van der Waals surface area contributed by atoms with Gasteiger partial charge in [0.05, 0.1) is 7.11 Å². The zero-order valence-corrected chi connectivity index (χ0v) is 12.1. The number of hydrogen-bond donors (Lipinski definition) is 1. The first-order chi connectivity index (χ1) is 9.32. The highest BCUT2D eigenvalue weighted by Gasteiger charge is 2.15. The molecule has 1 rings (SSSR count). The molecule has 0 unspecified atom stereocenters. The molecule has 6 heteroatoms. The molecule has 0 aliphatic carbocycles. The summed E-state index contributed by atoms with van der Waals surface area (Å²) in [6.45, 7) is 5.94. The Hall–Kier alpha value is -2.33. The summed E-state index contributed by atoms with van der Waals surface area (Å²) in [5.41, 5.74) is 0.529. The van der Waals surface area contributed by atoms with Crippen molar-refractivity contribution in [2.45, 2.75) is 32.9 Å². The summed E-state index contributed by atoms with van der Waals surface area (Å²) in [5.74, 6) is 0.797. The number of rotatable bonds is 3. The van der Waals surface area contributed by atoms with Crippen molar-refractivity contribution in [3.8, 4) is 5.75 Å². The molecule has 0 fully saturated rings. The molecule has 110 valence electrons. The van der Waals surface area contributed by atoms with E-state index < -0.39 is 11.7 Å². The standard InChI is InChI=1S/C13H19NO3.CO2/c1-13(2,3)17-12(15)14-9-10-5-7-11(16-4)8-6-10;2-1-3/h5-8H,9H2,1-4H3,(H,14,15);. The van der Waals surface area contributed by atoms with E-state index in [-0.39, 0.29) is 6.15 Å². The van der Waals surface area contributed by atoms with E-state index in [1.807, 2.05) is 45.0 Å². The van der Waals surface area contributed by atoms with Gasteiger partial charge in [0.15, 0.2) is 0 Å². The summed E-state index contributed by atoms with van der Waals surface area (Å²) in [5, 5.41) is 2.69. The Morgan fingerprint density at radius 3 is 2.10 bits per heavy atom. The molecular formula is C14H19NO5. The van der Waals surface area contributed by atoms with E-state index in [1.165, 1.54) is 0 Å². The maximum atomic E-state index is 11.4. The van der Waals surface area contributed by atoms with Gasteiger partial charge in [0.25, 0.3) is 0 Å². The van der Waals surface area contributed by atoms with E-state index in [1.54, 1.807) is 7.11 Å². The Morgan fingerprint density at radius 2 is 1.70 bits per heavy atom. The number of ether oxygens (including phenoxy) is 2. The lowest BCUT2D eigenvalue weighted by Gasteiger charge is -2.19. The minimum absolute atomic E-state index is 0.250. The van der Waals surface area contributed by atoms with Crippen LogP contribution >= 0.6 is 0 Å². The fraction of sp³-hybridized carbons (Fsp3) is 0.429. The summed E-state index contributed by atoms with van der Waals surface area (Å²) in [4.78, 5) is 27.6. The molecule has 20 heavy (non-hydrogen) atoms. The van der Waals surface area contributed by atoms with Crippen LogP contribution in [0.3, 0.4) is 0 Å². The van der Waals surface area contributed by atoms with Gasteiger partial charge in [0.1, 0.15) is 11.4 Å². The molecular weight excluding hydrogens is 262 g/mol. The van der Waals surface area contributed by atoms with Crippen molar-refractivity contribution in [3.05, 3.63) is 29.8 Å². The zero-order chi connectivity index (χ0) is 15.6. The van der Waals surface area contributed by atoms with E-state index in [4.69, 9.17) is 19.1 Å². The number of carbonyl (C=O) groups is 1. The number of amides is 1. The van der Waals surface area contributed by atoms with Gasteiger partial charge in [-0.25, -0.2) is 4.79 Å². The molecule has 6 nitrogen and oxygen atoms in total. The van der Waals surface area contributed by atoms with Gasteiger partial charge >= 0.3 is 12.2 Å². The first-order valence-corrected chi connectivity index (χ1v) is 5.91. The van der Waals surface area contributed by atoms with Crippen LogP contribution in [0, 0.1) is 0 Å². The highest BCUT2D eigenvalue weighted by molar-refractivity contribution is 5.67. The predicted octanol–water partition coefficient (Wildman–Crippen LogP) is 2.14. The lowest BCUT2D eigenvalue weighted by Crippen LogP contribution is -2.32. The molecule has 0 radical (unpaired) electrons. The Kier molecular flexibility index (Phi) is 7.70. The van der Waals surface area contributed by atoms with Gasteiger partial charge in [-0.05, 0) is 38.5 Å². The third-order valence-corrected chi connectivity index (χ3v) is 1.99. The fourth-order valence-electron chi connectivity index (χ4n) is 1.23. The molecule has 0 heterocycles. The SMILES string of the molecule is COc1ccc(CNC(=O)OC(C)(C)C)cc1.O=C=O. The van der Waals surface area contributed by atoms with Gasteiger partial charge in [-0.2, -0.15) is 9.59 Å². The van der Waals surface area contributed by atoms with Gasteiger partial charge in [-0.1, -0.05) is 12.1 Å². The van der Waals surface area contributed by atoms with Gasteiger partial charge in [0.2, 0.25) is 0 Å². The molecule has 0 saturated carbocycles. The van der Waals surface area contributed by atoms with Crippen molar-refractivity contribution >= 4 is 12.2 Å². The molecule has 1 aromatic carbocycles. The summed E-state index contributed by atoms with van der Waals surface area (Å²) in [7, 11) is 1.62. The van der Waals surface area contributed by atoms with Crippen LogP contribution in [0.4, 0.5) is 4.79 Å². The van der Waals surface area contributed by atoms with Crippen molar-refractivity contribution in [2.24, 2.45) is 0 Å². The Bertz CT molecular complexity index is 442. The lowest BCUT2D eigenvalue weighted by molar-refractivity contribution is -0.191. The van der Waals surface area contributed by atoms with Crippen molar-refractivity contribution in [1.29, 1.82) is 0 Å². The van der Waals surface area contributed by atoms with Crippen LogP contribution in [0.2, 0.25) is 0 Å². The molecule has 0 spiro atoms. The Morgan fingerprint density at radius 1 is 1.20 bits per heavy atom. The number of benzene rings is 1. The van der Waals surface area contributed by atoms with Gasteiger partial charge in [0, 0.05) is 6.54 Å². The van der Waals surface area contributed by atoms with Crippen LogP contribution in [0.5, 0.6) is 5.75 Å². The quantitative estimate of drug-likeness (QED) is 0.917. The molecule has 0 bridgehead atoms. The molecule has 1 amide bonds. The second kappa shape index (κ2) is 8.72. The molecule has 0 aliphatic heterocycles. The van der Waals surface area contributed by atoms with Crippen molar-refractivity contribution in [3.63, 3.8) is 0 Å². The first kappa shape index (κ1) is 17.7. The molecule has 0 aliphatic rings. The Labute approximate surface area is 118 Å². The second-order valence-electron chi connectivity index (χ2n) is 4.79. The van der Waals surface area contributed by atoms with Crippen LogP contribution < -0.4 is 10.1 Å². The van der Waals surface area contributed by atoms with Crippen molar-refractivity contribution in [1.82, 2.24) is 5.32 Å². The summed E-state index contributed by atoms with van der Waals surface area (Å²) in [6.07, 6.45) is -0.159. The first-order valence-electron chi connectivity index (χ1n) is 5.91. The minimum Gasteiger partial charge on any atom is -0.497 e. The molecule has 0 saturated heterocycles. The van der Waals surface area contributed by atoms with E-state index in [2.05, 4.69) is 5.32 Å². The van der Waals surface area contributed by atoms with Crippen LogP contribution in [0.25, 0.3) is 0 Å². The maximum Gasteiger partial charge on any atom is 0.407 e. The van der Waals surface area contributed by atoms with E-state index in [0.29, 0.717) is 6.54 Å². The van der Waals surface area contributed by atoms with Crippen molar-refractivity contribution in [2.75, 3.05) is 7.11 Å². The average molecular weight is 281 g/mol. The van der Waals surface area contributed by atoms with Crippen LogP contribution in [0.15, 0.2) is 24.3 Å². The van der Waals surface area contributed by atoms with Gasteiger partial charge in [-0.15, -0.1) is 0 Å². The fourth-order valence-corrected chi connectivity index (χ4v) is 1.23. The van der Waals surface area contributed by atoms with Crippen LogP contribution in [-0.2, 0) is 20.9 Å². The second-order valence-corrected chi connectivity index (χ2v) is 4.79. The summed E-state index contributed by atoms with van der Waals surface area (Å²) < 4.78 is 10.2. The number of hydrogen-bond acceptors (Lipinski definition) is 5. The smallest absolute Gasteiger partial charge is 0.407 e. The third-order valence-electron chi connectivity index (χ3n) is 1.99. The monoisotopic (exact) mass is 281 g/mol. The third kappa shape index (κ3) is 8.72. The summed E-state index contributed by atoms with van der Waals surface area (Å²) in [6, 6.07) is 7.50. The maximum absolute atomic E-state index is 11.4. The normalized spacial score (nSPS) is 9.60. The van der Waals surface area contributed by atoms with Gasteiger partial charge in [-0.3, -0.25) is 0 Å². The highest BCUT2D eigenvalue weighted by Crippen LogP contribution is 2.11. The Balaban J connectivity index is 0.00000110. The summed E-state index contributed by atoms with van der Waals surface area (Å²) >= 11 is 0. The lowest BCUT2D eigenvalue weighted by atomic mass is 10.2. The van der Waals surface area contributed by atoms with Crippen LogP contribution in [0.1, 0.15) is 26.3 Å². The van der Waals surface area contributed by atoms with Crippen LogP contribution in [-0.4, -0.2) is 25.0 Å². The molecule has 0 aromatic heterocycles. The molecule has 0 atom stereocenters. The molecule has 1 N–H and O–H groups in total. The van der Waals surface area contributed by atoms with Crippen molar-refractivity contribution < 1.29 is 23.9 Å². The highest BCUT2D eigenvalue weighted by atomic mass is 16.6. The largest absolute Gasteiger partial charge is 0.497 e. The average Bonchev–Trinajstić information content (AvgIpc) is 2.36.